The molecule has 0 spiro atoms. The number of ether oxygens (including phenoxy) is 2. The summed E-state index contributed by atoms with van der Waals surface area (Å²) >= 11 is 0. The largest absolute Gasteiger partial charge is 0.478 e. The van der Waals surface area contributed by atoms with Crippen molar-refractivity contribution in [3.63, 3.8) is 0 Å². The molecule has 0 saturated heterocycles. The molecule has 90 valence electrons. The van der Waals surface area contributed by atoms with Gasteiger partial charge in [-0.1, -0.05) is 13.8 Å². The van der Waals surface area contributed by atoms with Crippen molar-refractivity contribution in [3.8, 4) is 5.88 Å². The molecule has 3 nitrogen and oxygen atoms in total. The average molecular weight is 223 g/mol. The Balaban J connectivity index is 2.57. The summed E-state index contributed by atoms with van der Waals surface area (Å²) in [5.41, 5.74) is 2.38. The van der Waals surface area contributed by atoms with Gasteiger partial charge in [0.2, 0.25) is 5.88 Å². The smallest absolute Gasteiger partial charge is 0.213 e. The number of aryl methyl sites for hydroxylation is 2. The number of nitrogens with zero attached hydrogens (tertiary/aromatic N) is 1. The summed E-state index contributed by atoms with van der Waals surface area (Å²) in [4.78, 5) is 4.43. The van der Waals surface area contributed by atoms with Crippen molar-refractivity contribution < 1.29 is 9.47 Å². The Morgan fingerprint density at radius 1 is 1.12 bits per heavy atom. The predicted molar refractivity (Wildman–Crippen MR) is 65.0 cm³/mol. The molecule has 0 bridgehead atoms. The van der Waals surface area contributed by atoms with Gasteiger partial charge in [0.1, 0.15) is 0 Å². The number of methoxy groups -OCH3 is 1. The third kappa shape index (κ3) is 4.19. The summed E-state index contributed by atoms with van der Waals surface area (Å²) in [6, 6.07) is 4.16. The van der Waals surface area contributed by atoms with Gasteiger partial charge in [0, 0.05) is 31.9 Å². The molecule has 0 aliphatic carbocycles. The quantitative estimate of drug-likeness (QED) is 0.666. The average Bonchev–Trinajstić information content (AvgIpc) is 2.34. The summed E-state index contributed by atoms with van der Waals surface area (Å²) in [5, 5.41) is 0. The fourth-order valence-corrected chi connectivity index (χ4v) is 1.46. The SMILES string of the molecule is CCc1cc(CC)nc(OCCCOC)c1. The molecule has 0 amide bonds. The monoisotopic (exact) mass is 223 g/mol. The van der Waals surface area contributed by atoms with Gasteiger partial charge in [0.25, 0.3) is 0 Å². The van der Waals surface area contributed by atoms with Crippen molar-refractivity contribution >= 4 is 0 Å². The van der Waals surface area contributed by atoms with Gasteiger partial charge in [-0.3, -0.25) is 0 Å². The second kappa shape index (κ2) is 7.23. The lowest BCUT2D eigenvalue weighted by Gasteiger charge is -2.08. The van der Waals surface area contributed by atoms with E-state index in [9.17, 15) is 0 Å². The Bertz CT molecular complexity index is 291. The molecule has 0 aliphatic heterocycles. The first kappa shape index (κ1) is 13.0. The Morgan fingerprint density at radius 3 is 2.56 bits per heavy atom. The highest BCUT2D eigenvalue weighted by molar-refractivity contribution is 5.25. The second-order valence-corrected chi connectivity index (χ2v) is 3.71. The number of rotatable bonds is 7. The number of hydrogen-bond donors (Lipinski definition) is 0. The Kier molecular flexibility index (Phi) is 5.86. The molecular formula is C13H21NO2. The van der Waals surface area contributed by atoms with Crippen molar-refractivity contribution in [2.45, 2.75) is 33.1 Å². The summed E-state index contributed by atoms with van der Waals surface area (Å²) in [6.45, 7) is 5.64. The van der Waals surface area contributed by atoms with Gasteiger partial charge in [0.15, 0.2) is 0 Å². The zero-order valence-electron chi connectivity index (χ0n) is 10.5. The van der Waals surface area contributed by atoms with Crippen LogP contribution in [0.5, 0.6) is 5.88 Å². The lowest BCUT2D eigenvalue weighted by molar-refractivity contribution is 0.170. The number of aromatic nitrogens is 1. The van der Waals surface area contributed by atoms with E-state index in [-0.39, 0.29) is 0 Å². The van der Waals surface area contributed by atoms with Gasteiger partial charge >= 0.3 is 0 Å². The highest BCUT2D eigenvalue weighted by Crippen LogP contribution is 2.14. The van der Waals surface area contributed by atoms with Gasteiger partial charge in [-0.15, -0.1) is 0 Å². The van der Waals surface area contributed by atoms with E-state index in [0.717, 1.165) is 37.4 Å². The van der Waals surface area contributed by atoms with Crippen LogP contribution in [0, 0.1) is 0 Å². The molecule has 0 fully saturated rings. The van der Waals surface area contributed by atoms with Crippen molar-refractivity contribution in [2.75, 3.05) is 20.3 Å². The normalized spacial score (nSPS) is 10.4. The van der Waals surface area contributed by atoms with Crippen LogP contribution in [0.3, 0.4) is 0 Å². The molecule has 1 aromatic heterocycles. The van der Waals surface area contributed by atoms with Crippen LogP contribution in [-0.2, 0) is 17.6 Å². The molecule has 0 aromatic carbocycles. The lowest BCUT2D eigenvalue weighted by Crippen LogP contribution is -2.04. The summed E-state index contributed by atoms with van der Waals surface area (Å²) in [7, 11) is 1.70. The Labute approximate surface area is 97.8 Å². The van der Waals surface area contributed by atoms with Crippen LogP contribution < -0.4 is 4.74 Å². The standard InChI is InChI=1S/C13H21NO2/c1-4-11-9-12(5-2)14-13(10-11)16-8-6-7-15-3/h9-10H,4-8H2,1-3H3. The van der Waals surface area contributed by atoms with Gasteiger partial charge < -0.3 is 9.47 Å². The fraction of sp³-hybridized carbons (Fsp3) is 0.615. The van der Waals surface area contributed by atoms with Crippen LogP contribution >= 0.6 is 0 Å². The molecule has 0 aliphatic rings. The lowest BCUT2D eigenvalue weighted by atomic mass is 10.1. The number of hydrogen-bond acceptors (Lipinski definition) is 3. The van der Waals surface area contributed by atoms with Gasteiger partial charge in [-0.25, -0.2) is 4.98 Å². The van der Waals surface area contributed by atoms with E-state index in [2.05, 4.69) is 24.9 Å². The van der Waals surface area contributed by atoms with Crippen LogP contribution in [0.25, 0.3) is 0 Å². The first-order valence-electron chi connectivity index (χ1n) is 5.91. The van der Waals surface area contributed by atoms with E-state index in [0.29, 0.717) is 6.61 Å². The molecular weight excluding hydrogens is 202 g/mol. The molecule has 0 atom stereocenters. The highest BCUT2D eigenvalue weighted by Gasteiger charge is 2.01. The maximum atomic E-state index is 5.60. The van der Waals surface area contributed by atoms with Crippen molar-refractivity contribution in [1.82, 2.24) is 4.98 Å². The predicted octanol–water partition coefficient (Wildman–Crippen LogP) is 2.62. The molecule has 0 saturated carbocycles. The minimum Gasteiger partial charge on any atom is -0.478 e. The maximum absolute atomic E-state index is 5.60. The first-order valence-corrected chi connectivity index (χ1v) is 5.91. The molecule has 16 heavy (non-hydrogen) atoms. The third-order valence-electron chi connectivity index (χ3n) is 2.43. The van der Waals surface area contributed by atoms with E-state index >= 15 is 0 Å². The highest BCUT2D eigenvalue weighted by atomic mass is 16.5. The minimum atomic E-state index is 0.664. The third-order valence-corrected chi connectivity index (χ3v) is 2.43. The van der Waals surface area contributed by atoms with E-state index in [1.54, 1.807) is 7.11 Å². The molecule has 1 rings (SSSR count). The summed E-state index contributed by atoms with van der Waals surface area (Å²) in [5.74, 6) is 0.743. The van der Waals surface area contributed by atoms with Gasteiger partial charge in [-0.2, -0.15) is 0 Å². The zero-order valence-corrected chi connectivity index (χ0v) is 10.5. The van der Waals surface area contributed by atoms with Crippen LogP contribution in [0.4, 0.5) is 0 Å². The van der Waals surface area contributed by atoms with E-state index in [1.165, 1.54) is 5.56 Å². The minimum absolute atomic E-state index is 0.664. The van der Waals surface area contributed by atoms with Crippen molar-refractivity contribution in [2.24, 2.45) is 0 Å². The molecule has 0 radical (unpaired) electrons. The van der Waals surface area contributed by atoms with Gasteiger partial charge in [0.05, 0.1) is 6.61 Å². The molecule has 1 heterocycles. The number of pyridine rings is 1. The van der Waals surface area contributed by atoms with Crippen LogP contribution in [0.15, 0.2) is 12.1 Å². The fourth-order valence-electron chi connectivity index (χ4n) is 1.46. The summed E-state index contributed by atoms with van der Waals surface area (Å²) < 4.78 is 10.6. The van der Waals surface area contributed by atoms with E-state index in [4.69, 9.17) is 9.47 Å². The van der Waals surface area contributed by atoms with E-state index < -0.39 is 0 Å². The first-order chi connectivity index (χ1) is 7.80. The van der Waals surface area contributed by atoms with Crippen LogP contribution in [0.2, 0.25) is 0 Å². The van der Waals surface area contributed by atoms with Crippen LogP contribution in [0.1, 0.15) is 31.5 Å². The molecule has 1 aromatic rings. The van der Waals surface area contributed by atoms with Gasteiger partial charge in [-0.05, 0) is 24.5 Å². The van der Waals surface area contributed by atoms with Crippen molar-refractivity contribution in [1.29, 1.82) is 0 Å². The summed E-state index contributed by atoms with van der Waals surface area (Å²) in [6.07, 6.45) is 2.86. The van der Waals surface area contributed by atoms with Crippen molar-refractivity contribution in [3.05, 3.63) is 23.4 Å². The topological polar surface area (TPSA) is 31.4 Å². The zero-order chi connectivity index (χ0) is 11.8. The molecule has 0 unspecified atom stereocenters. The second-order valence-electron chi connectivity index (χ2n) is 3.71. The Morgan fingerprint density at radius 2 is 1.94 bits per heavy atom. The molecule has 0 N–H and O–H groups in total. The van der Waals surface area contributed by atoms with Crippen LogP contribution in [-0.4, -0.2) is 25.3 Å². The van der Waals surface area contributed by atoms with E-state index in [1.807, 2.05) is 6.07 Å². The Hall–Kier alpha value is -1.09. The molecule has 3 heteroatoms. The maximum Gasteiger partial charge on any atom is 0.213 e.